The fourth-order valence-electron chi connectivity index (χ4n) is 2.54. The molecule has 3 amide bonds. The first-order valence-corrected chi connectivity index (χ1v) is 8.55. The quantitative estimate of drug-likeness (QED) is 0.405. The van der Waals surface area contributed by atoms with Gasteiger partial charge in [-0.25, -0.2) is 14.7 Å². The summed E-state index contributed by atoms with van der Waals surface area (Å²) < 4.78 is 5.66. The number of benzene rings is 2. The molecule has 1 heterocycles. The van der Waals surface area contributed by atoms with Gasteiger partial charge in [-0.1, -0.05) is 22.0 Å². The van der Waals surface area contributed by atoms with Gasteiger partial charge in [-0.05, 0) is 42.0 Å². The highest BCUT2D eigenvalue weighted by Gasteiger charge is 2.30. The maximum absolute atomic E-state index is 12.8. The first kappa shape index (κ1) is 19.2. The van der Waals surface area contributed by atoms with E-state index in [0.717, 1.165) is 21.5 Å². The van der Waals surface area contributed by atoms with Gasteiger partial charge in [0.15, 0.2) is 5.75 Å². The number of anilines is 1. The summed E-state index contributed by atoms with van der Waals surface area (Å²) in [6.07, 6.45) is 1.15. The summed E-state index contributed by atoms with van der Waals surface area (Å²) in [6, 6.07) is 9.23. The molecule has 0 aliphatic carbocycles. The lowest BCUT2D eigenvalue weighted by Crippen LogP contribution is -2.45. The molecule has 0 atom stereocenters. The molecular formula is C18H11BrN3O6-. The van der Waals surface area contributed by atoms with Gasteiger partial charge in [0, 0.05) is 16.4 Å². The second kappa shape index (κ2) is 7.61. The Balaban J connectivity index is 2.06. The van der Waals surface area contributed by atoms with Gasteiger partial charge >= 0.3 is 11.7 Å². The standard InChI is InChI=1S/C18H12BrN3O6/c1-28-15-7-2-10(9-14(15)22(26)27)8-13-16(23)20-18(25)21(17(13)24)12-5-3-11(19)4-6-12/h2-9H,1H3,(H,20,23,25)/p-1. The molecule has 0 saturated heterocycles. The van der Waals surface area contributed by atoms with Gasteiger partial charge in [0.05, 0.1) is 23.3 Å². The maximum atomic E-state index is 12.8. The largest absolute Gasteiger partial charge is 0.858 e. The van der Waals surface area contributed by atoms with E-state index in [0.29, 0.717) is 0 Å². The Kier molecular flexibility index (Phi) is 5.23. The van der Waals surface area contributed by atoms with Crippen LogP contribution in [-0.2, 0) is 4.79 Å². The number of hydrogen-bond donors (Lipinski definition) is 0. The maximum Gasteiger partial charge on any atom is 0.354 e. The molecule has 10 heteroatoms. The molecule has 0 aromatic heterocycles. The van der Waals surface area contributed by atoms with Crippen molar-refractivity contribution in [2.45, 2.75) is 0 Å². The van der Waals surface area contributed by atoms with Gasteiger partial charge < -0.3 is 9.84 Å². The van der Waals surface area contributed by atoms with Crippen molar-refractivity contribution >= 4 is 51.2 Å². The normalized spacial score (nSPS) is 15.6. The van der Waals surface area contributed by atoms with Crippen LogP contribution >= 0.6 is 15.9 Å². The van der Waals surface area contributed by atoms with Crippen molar-refractivity contribution in [1.29, 1.82) is 0 Å². The molecule has 0 spiro atoms. The predicted molar refractivity (Wildman–Crippen MR) is 102 cm³/mol. The summed E-state index contributed by atoms with van der Waals surface area (Å²) in [5, 5.41) is 23.3. The second-order valence-electron chi connectivity index (χ2n) is 5.56. The van der Waals surface area contributed by atoms with Crippen LogP contribution in [0.1, 0.15) is 5.56 Å². The number of nitro benzene ring substituents is 1. The molecule has 0 saturated carbocycles. The van der Waals surface area contributed by atoms with Gasteiger partial charge in [0.25, 0.3) is 5.91 Å². The summed E-state index contributed by atoms with van der Waals surface area (Å²) in [7, 11) is 1.29. The number of carbonyl (C=O) groups excluding carboxylic acids is 2. The third kappa shape index (κ3) is 3.62. The molecule has 0 unspecified atom stereocenters. The Bertz CT molecular complexity index is 1050. The first-order valence-electron chi connectivity index (χ1n) is 7.76. The molecule has 9 nitrogen and oxygen atoms in total. The van der Waals surface area contributed by atoms with Crippen LogP contribution < -0.4 is 14.7 Å². The number of hydrogen-bond acceptors (Lipinski definition) is 6. The average Bonchev–Trinajstić information content (AvgIpc) is 2.66. The summed E-state index contributed by atoms with van der Waals surface area (Å²) in [5.74, 6) is -1.85. The number of methoxy groups -OCH3 is 1. The highest BCUT2D eigenvalue weighted by atomic mass is 79.9. The van der Waals surface area contributed by atoms with E-state index in [4.69, 9.17) is 4.74 Å². The fraction of sp³-hybridized carbons (Fsp3) is 0.0556. The molecule has 3 rings (SSSR count). The Morgan fingerprint density at radius 2 is 1.86 bits per heavy atom. The number of nitro groups is 1. The van der Waals surface area contributed by atoms with Crippen LogP contribution in [0.4, 0.5) is 16.2 Å². The van der Waals surface area contributed by atoms with Crippen molar-refractivity contribution < 1.29 is 24.4 Å². The second-order valence-corrected chi connectivity index (χ2v) is 6.48. The Hall–Kier alpha value is -3.53. The molecule has 142 valence electrons. The molecule has 28 heavy (non-hydrogen) atoms. The SMILES string of the molecule is COc1ccc(C=C2C(=O)N(c3ccc(Br)cc3)C(=O)N=C2[O-])cc1[N+](=O)[O-]. The number of ether oxygens (including phenoxy) is 1. The van der Waals surface area contributed by atoms with E-state index < -0.39 is 22.8 Å². The lowest BCUT2D eigenvalue weighted by Gasteiger charge is -2.27. The highest BCUT2D eigenvalue weighted by Crippen LogP contribution is 2.29. The van der Waals surface area contributed by atoms with Crippen molar-refractivity contribution in [1.82, 2.24) is 0 Å². The predicted octanol–water partition coefficient (Wildman–Crippen LogP) is 2.67. The summed E-state index contributed by atoms with van der Waals surface area (Å²) in [4.78, 5) is 39.5. The van der Waals surface area contributed by atoms with Crippen LogP contribution in [0.15, 0.2) is 57.5 Å². The zero-order valence-corrected chi connectivity index (χ0v) is 15.9. The Morgan fingerprint density at radius 1 is 1.18 bits per heavy atom. The van der Waals surface area contributed by atoms with Gasteiger partial charge in [0.1, 0.15) is 0 Å². The topological polar surface area (TPSA) is 125 Å². The minimum absolute atomic E-state index is 0.0322. The van der Waals surface area contributed by atoms with E-state index in [1.807, 2.05) is 0 Å². The summed E-state index contributed by atoms with van der Waals surface area (Å²) in [5.41, 5.74) is -0.266. The Morgan fingerprint density at radius 3 is 2.46 bits per heavy atom. The van der Waals surface area contributed by atoms with Crippen molar-refractivity contribution in [2.75, 3.05) is 12.0 Å². The van der Waals surface area contributed by atoms with Crippen molar-refractivity contribution in [3.05, 3.63) is 68.2 Å². The van der Waals surface area contributed by atoms with Gasteiger partial charge in [-0.3, -0.25) is 14.9 Å². The van der Waals surface area contributed by atoms with Crippen LogP contribution in [0.2, 0.25) is 0 Å². The van der Waals surface area contributed by atoms with E-state index in [1.54, 1.807) is 12.1 Å². The number of amides is 3. The number of nitrogens with zero attached hydrogens (tertiary/aromatic N) is 3. The van der Waals surface area contributed by atoms with Crippen LogP contribution in [0, 0.1) is 10.1 Å². The van der Waals surface area contributed by atoms with Crippen molar-refractivity contribution in [3.63, 3.8) is 0 Å². The minimum atomic E-state index is -1.01. The van der Waals surface area contributed by atoms with Crippen LogP contribution in [0.3, 0.4) is 0 Å². The van der Waals surface area contributed by atoms with Crippen LogP contribution in [0.5, 0.6) is 5.75 Å². The van der Waals surface area contributed by atoms with Gasteiger partial charge in [-0.15, -0.1) is 0 Å². The van der Waals surface area contributed by atoms with E-state index in [2.05, 4.69) is 20.9 Å². The zero-order chi connectivity index (χ0) is 20.4. The average molecular weight is 445 g/mol. The van der Waals surface area contributed by atoms with Crippen molar-refractivity contribution in [3.8, 4) is 5.75 Å². The zero-order valence-electron chi connectivity index (χ0n) is 14.3. The number of halogens is 1. The third-order valence-electron chi connectivity index (χ3n) is 3.85. The molecule has 0 bridgehead atoms. The smallest absolute Gasteiger partial charge is 0.354 e. The molecule has 1 aliphatic heterocycles. The molecule has 0 radical (unpaired) electrons. The first-order chi connectivity index (χ1) is 13.3. The lowest BCUT2D eigenvalue weighted by molar-refractivity contribution is -0.385. The third-order valence-corrected chi connectivity index (χ3v) is 4.38. The number of rotatable bonds is 4. The number of imide groups is 1. The number of carbonyl (C=O) groups is 2. The van der Waals surface area contributed by atoms with Gasteiger partial charge in [0.2, 0.25) is 0 Å². The van der Waals surface area contributed by atoms with E-state index in [1.165, 1.54) is 31.4 Å². The van der Waals surface area contributed by atoms with E-state index in [9.17, 15) is 24.8 Å². The van der Waals surface area contributed by atoms with E-state index in [-0.39, 0.29) is 28.3 Å². The van der Waals surface area contributed by atoms with Crippen LogP contribution in [0.25, 0.3) is 6.08 Å². The fourth-order valence-corrected chi connectivity index (χ4v) is 2.81. The van der Waals surface area contributed by atoms with Crippen LogP contribution in [-0.4, -0.2) is 29.9 Å². The molecule has 0 fully saturated rings. The lowest BCUT2D eigenvalue weighted by atomic mass is 10.1. The van der Waals surface area contributed by atoms with E-state index >= 15 is 0 Å². The highest BCUT2D eigenvalue weighted by molar-refractivity contribution is 9.10. The minimum Gasteiger partial charge on any atom is -0.858 e. The molecule has 0 N–H and O–H groups in total. The molecule has 2 aromatic rings. The Labute approximate surface area is 166 Å². The van der Waals surface area contributed by atoms with Crippen molar-refractivity contribution in [2.24, 2.45) is 4.99 Å². The van der Waals surface area contributed by atoms with Gasteiger partial charge in [-0.2, -0.15) is 0 Å². The molecule has 2 aromatic carbocycles. The molecule has 1 aliphatic rings. The monoisotopic (exact) mass is 444 g/mol. The molecular weight excluding hydrogens is 434 g/mol. The summed E-state index contributed by atoms with van der Waals surface area (Å²) >= 11 is 3.25. The number of urea groups is 1. The number of aliphatic imine (C=N–C) groups is 1. The summed E-state index contributed by atoms with van der Waals surface area (Å²) in [6.45, 7) is 0.